The lowest BCUT2D eigenvalue weighted by Crippen LogP contribution is -2.39. The maximum absolute atomic E-state index is 14.0. The first-order chi connectivity index (χ1) is 14.3. The van der Waals surface area contributed by atoms with Crippen molar-refractivity contribution in [2.75, 3.05) is 38.1 Å². The molecule has 1 aliphatic rings. The molecule has 2 aromatic rings. The van der Waals surface area contributed by atoms with Crippen LogP contribution in [0.5, 0.6) is 0 Å². The first-order valence-corrected chi connectivity index (χ1v) is 11.3. The summed E-state index contributed by atoms with van der Waals surface area (Å²) < 4.78 is 47.2. The molecule has 162 valence electrons. The van der Waals surface area contributed by atoms with Crippen molar-refractivity contribution in [3.8, 4) is 0 Å². The maximum Gasteiger partial charge on any atom is 0.240 e. The monoisotopic (exact) mass is 435 g/mol. The van der Waals surface area contributed by atoms with Gasteiger partial charge in [-0.1, -0.05) is 30.3 Å². The third kappa shape index (κ3) is 6.09. The molecule has 1 fully saturated rings. The Morgan fingerprint density at radius 2 is 2.00 bits per heavy atom. The Labute approximate surface area is 176 Å². The summed E-state index contributed by atoms with van der Waals surface area (Å²) in [4.78, 5) is 13.1. The summed E-state index contributed by atoms with van der Waals surface area (Å²) in [5.74, 6) is -1.23. The molecule has 0 bridgehead atoms. The Hall–Kier alpha value is -2.33. The Balaban J connectivity index is 1.48. The third-order valence-corrected chi connectivity index (χ3v) is 6.29. The van der Waals surface area contributed by atoms with Gasteiger partial charge in [0.05, 0.1) is 23.3 Å². The van der Waals surface area contributed by atoms with E-state index in [0.717, 1.165) is 31.3 Å². The van der Waals surface area contributed by atoms with Crippen molar-refractivity contribution in [2.45, 2.75) is 24.3 Å². The molecule has 2 N–H and O–H groups in total. The summed E-state index contributed by atoms with van der Waals surface area (Å²) in [5.41, 5.74) is 1.08. The summed E-state index contributed by atoms with van der Waals surface area (Å²) in [5, 5.41) is 2.31. The number of halogens is 1. The van der Waals surface area contributed by atoms with Gasteiger partial charge in [0, 0.05) is 26.6 Å². The van der Waals surface area contributed by atoms with E-state index >= 15 is 0 Å². The Morgan fingerprint density at radius 1 is 1.23 bits per heavy atom. The Bertz CT molecular complexity index is 969. The topological polar surface area (TPSA) is 87.7 Å². The van der Waals surface area contributed by atoms with Crippen LogP contribution in [-0.2, 0) is 19.6 Å². The van der Waals surface area contributed by atoms with Crippen molar-refractivity contribution in [2.24, 2.45) is 0 Å². The SMILES string of the molecule is CC(=O)Nc1ccc(S(=O)(=O)NCCCN2CCOC(c3ccccc3)C2)cc1F. The van der Waals surface area contributed by atoms with E-state index in [9.17, 15) is 17.6 Å². The molecule has 0 spiro atoms. The minimum Gasteiger partial charge on any atom is -0.371 e. The van der Waals surface area contributed by atoms with Crippen molar-refractivity contribution in [1.82, 2.24) is 9.62 Å². The molecule has 1 aliphatic heterocycles. The van der Waals surface area contributed by atoms with Gasteiger partial charge in [-0.15, -0.1) is 0 Å². The number of ether oxygens (including phenoxy) is 1. The zero-order valence-corrected chi connectivity index (χ0v) is 17.6. The van der Waals surface area contributed by atoms with E-state index in [4.69, 9.17) is 4.74 Å². The van der Waals surface area contributed by atoms with Crippen molar-refractivity contribution in [3.05, 3.63) is 59.9 Å². The highest BCUT2D eigenvalue weighted by molar-refractivity contribution is 7.89. The van der Waals surface area contributed by atoms with Gasteiger partial charge in [0.25, 0.3) is 0 Å². The largest absolute Gasteiger partial charge is 0.371 e. The summed E-state index contributed by atoms with van der Waals surface area (Å²) in [6, 6.07) is 13.4. The van der Waals surface area contributed by atoms with Crippen molar-refractivity contribution >= 4 is 21.6 Å². The number of amides is 1. The minimum atomic E-state index is -3.83. The highest BCUT2D eigenvalue weighted by atomic mass is 32.2. The fourth-order valence-corrected chi connectivity index (χ4v) is 4.41. The number of carbonyl (C=O) groups excluding carboxylic acids is 1. The molecule has 9 heteroatoms. The molecule has 2 aromatic carbocycles. The van der Waals surface area contributed by atoms with Crippen LogP contribution in [-0.4, -0.2) is 52.0 Å². The number of sulfonamides is 1. The van der Waals surface area contributed by atoms with Crippen LogP contribution < -0.4 is 10.0 Å². The number of hydrogen-bond acceptors (Lipinski definition) is 5. The molecule has 30 heavy (non-hydrogen) atoms. The normalized spacial score (nSPS) is 17.6. The second kappa shape index (κ2) is 10.1. The summed E-state index contributed by atoms with van der Waals surface area (Å²) in [7, 11) is -3.83. The highest BCUT2D eigenvalue weighted by Crippen LogP contribution is 2.22. The third-order valence-electron chi connectivity index (χ3n) is 4.83. The highest BCUT2D eigenvalue weighted by Gasteiger charge is 2.22. The molecule has 1 atom stereocenters. The van der Waals surface area contributed by atoms with Crippen LogP contribution in [0.25, 0.3) is 0 Å². The molecule has 1 saturated heterocycles. The van der Waals surface area contributed by atoms with E-state index in [1.54, 1.807) is 0 Å². The number of morpholine rings is 1. The maximum atomic E-state index is 14.0. The lowest BCUT2D eigenvalue weighted by Gasteiger charge is -2.33. The number of nitrogens with zero attached hydrogens (tertiary/aromatic N) is 1. The minimum absolute atomic E-state index is 0.0155. The van der Waals surface area contributed by atoms with Crippen molar-refractivity contribution in [3.63, 3.8) is 0 Å². The van der Waals surface area contributed by atoms with Gasteiger partial charge in [0.2, 0.25) is 15.9 Å². The van der Waals surface area contributed by atoms with Gasteiger partial charge in [-0.3, -0.25) is 9.69 Å². The average Bonchev–Trinajstić information content (AvgIpc) is 2.73. The first-order valence-electron chi connectivity index (χ1n) is 9.81. The van der Waals surface area contributed by atoms with Gasteiger partial charge in [-0.05, 0) is 36.7 Å². The van der Waals surface area contributed by atoms with Crippen LogP contribution in [0.1, 0.15) is 25.0 Å². The smallest absolute Gasteiger partial charge is 0.240 e. The summed E-state index contributed by atoms with van der Waals surface area (Å²) in [6.07, 6.45) is 0.634. The number of nitrogens with one attached hydrogen (secondary N) is 2. The number of hydrogen-bond donors (Lipinski definition) is 2. The van der Waals surface area contributed by atoms with E-state index in [1.165, 1.54) is 19.1 Å². The van der Waals surface area contributed by atoms with E-state index in [-0.39, 0.29) is 23.2 Å². The number of carbonyl (C=O) groups is 1. The van der Waals surface area contributed by atoms with Crippen LogP contribution in [0.4, 0.5) is 10.1 Å². The van der Waals surface area contributed by atoms with Gasteiger partial charge < -0.3 is 10.1 Å². The van der Waals surface area contributed by atoms with E-state index < -0.39 is 21.7 Å². The van der Waals surface area contributed by atoms with E-state index in [2.05, 4.69) is 14.9 Å². The molecule has 0 saturated carbocycles. The molecule has 3 rings (SSSR count). The zero-order chi connectivity index (χ0) is 21.6. The molecule has 1 unspecified atom stereocenters. The summed E-state index contributed by atoms with van der Waals surface area (Å²) >= 11 is 0. The molecule has 7 nitrogen and oxygen atoms in total. The molecule has 0 radical (unpaired) electrons. The number of rotatable bonds is 8. The predicted molar refractivity (Wildman–Crippen MR) is 112 cm³/mol. The number of benzene rings is 2. The quantitative estimate of drug-likeness (QED) is 0.622. The van der Waals surface area contributed by atoms with Gasteiger partial charge in [-0.25, -0.2) is 17.5 Å². The van der Waals surface area contributed by atoms with Crippen LogP contribution >= 0.6 is 0 Å². The van der Waals surface area contributed by atoms with E-state index in [1.807, 2.05) is 30.3 Å². The van der Waals surface area contributed by atoms with Gasteiger partial charge in [0.1, 0.15) is 5.82 Å². The van der Waals surface area contributed by atoms with Crippen molar-refractivity contribution < 1.29 is 22.3 Å². The van der Waals surface area contributed by atoms with Gasteiger partial charge >= 0.3 is 0 Å². The Morgan fingerprint density at radius 3 is 2.70 bits per heavy atom. The van der Waals surface area contributed by atoms with Gasteiger partial charge in [0.15, 0.2) is 0 Å². The zero-order valence-electron chi connectivity index (χ0n) is 16.8. The number of anilines is 1. The van der Waals surface area contributed by atoms with Crippen LogP contribution in [0.15, 0.2) is 53.4 Å². The summed E-state index contributed by atoms with van der Waals surface area (Å²) in [6.45, 7) is 4.40. The Kier molecular flexibility index (Phi) is 7.54. The molecular formula is C21H26FN3O4S. The predicted octanol–water partition coefficient (Wildman–Crippen LogP) is 2.53. The fourth-order valence-electron chi connectivity index (χ4n) is 3.32. The van der Waals surface area contributed by atoms with Gasteiger partial charge in [-0.2, -0.15) is 0 Å². The lowest BCUT2D eigenvalue weighted by atomic mass is 10.1. The fraction of sp³-hybridized carbons (Fsp3) is 0.381. The van der Waals surface area contributed by atoms with Crippen LogP contribution in [0.2, 0.25) is 0 Å². The van der Waals surface area contributed by atoms with Crippen LogP contribution in [0.3, 0.4) is 0 Å². The molecule has 0 aromatic heterocycles. The molecule has 1 amide bonds. The lowest BCUT2D eigenvalue weighted by molar-refractivity contribution is -0.114. The molecule has 1 heterocycles. The van der Waals surface area contributed by atoms with Crippen molar-refractivity contribution in [1.29, 1.82) is 0 Å². The first kappa shape index (κ1) is 22.4. The average molecular weight is 436 g/mol. The van der Waals surface area contributed by atoms with E-state index in [0.29, 0.717) is 13.0 Å². The standard InChI is InChI=1S/C21H26FN3O4S/c1-16(26)24-20-9-8-18(14-19(20)22)30(27,28)23-10-5-11-25-12-13-29-21(15-25)17-6-3-2-4-7-17/h2-4,6-9,14,21,23H,5,10-13,15H2,1H3,(H,24,26). The second-order valence-electron chi connectivity index (χ2n) is 7.14. The second-order valence-corrected chi connectivity index (χ2v) is 8.91. The van der Waals surface area contributed by atoms with Crippen LogP contribution in [0, 0.1) is 5.82 Å². The molecule has 0 aliphatic carbocycles. The molecular weight excluding hydrogens is 409 g/mol.